The van der Waals surface area contributed by atoms with Crippen molar-refractivity contribution < 1.29 is 4.42 Å². The van der Waals surface area contributed by atoms with Gasteiger partial charge in [0, 0.05) is 24.8 Å². The van der Waals surface area contributed by atoms with E-state index in [2.05, 4.69) is 4.90 Å². The fourth-order valence-corrected chi connectivity index (χ4v) is 2.18. The molecule has 18 heavy (non-hydrogen) atoms. The van der Waals surface area contributed by atoms with E-state index in [1.165, 1.54) is 5.56 Å². The van der Waals surface area contributed by atoms with Gasteiger partial charge in [0.2, 0.25) is 0 Å². The van der Waals surface area contributed by atoms with Crippen LogP contribution in [-0.4, -0.2) is 7.05 Å². The van der Waals surface area contributed by atoms with Crippen molar-refractivity contribution in [2.45, 2.75) is 20.4 Å². The Morgan fingerprint density at radius 1 is 1.33 bits per heavy atom. The van der Waals surface area contributed by atoms with Gasteiger partial charge in [-0.3, -0.25) is 0 Å². The molecule has 0 atom stereocenters. The minimum atomic E-state index is 0.589. The molecule has 0 aliphatic heterocycles. The van der Waals surface area contributed by atoms with Crippen LogP contribution in [0.3, 0.4) is 0 Å². The van der Waals surface area contributed by atoms with Crippen molar-refractivity contribution in [3.63, 3.8) is 0 Å². The number of hydrogen-bond acceptors (Lipinski definition) is 3. The van der Waals surface area contributed by atoms with Gasteiger partial charge in [0.25, 0.3) is 0 Å². The fourth-order valence-electron chi connectivity index (χ4n) is 2.02. The van der Waals surface area contributed by atoms with E-state index in [0.29, 0.717) is 10.7 Å². The highest BCUT2D eigenvalue weighted by Crippen LogP contribution is 2.29. The summed E-state index contributed by atoms with van der Waals surface area (Å²) in [4.78, 5) is 2.14. The number of halogens is 1. The van der Waals surface area contributed by atoms with E-state index in [-0.39, 0.29) is 0 Å². The highest BCUT2D eigenvalue weighted by atomic mass is 35.5. The molecule has 0 aliphatic rings. The lowest BCUT2D eigenvalue weighted by atomic mass is 10.1. The number of benzene rings is 1. The number of rotatable bonds is 3. The second-order valence-electron chi connectivity index (χ2n) is 4.52. The quantitative estimate of drug-likeness (QED) is 0.858. The molecular formula is C14H17ClN2O. The van der Waals surface area contributed by atoms with Crippen LogP contribution in [0.1, 0.15) is 16.9 Å². The molecular weight excluding hydrogens is 248 g/mol. The molecule has 0 fully saturated rings. The van der Waals surface area contributed by atoms with E-state index in [0.717, 1.165) is 23.6 Å². The highest BCUT2D eigenvalue weighted by molar-refractivity contribution is 6.33. The third-order valence-electron chi connectivity index (χ3n) is 3.10. The van der Waals surface area contributed by atoms with E-state index >= 15 is 0 Å². The maximum absolute atomic E-state index is 6.07. The first kappa shape index (κ1) is 12.8. The summed E-state index contributed by atoms with van der Waals surface area (Å²) in [6.07, 6.45) is 1.71. The van der Waals surface area contributed by atoms with Crippen molar-refractivity contribution in [1.29, 1.82) is 0 Å². The van der Waals surface area contributed by atoms with Crippen LogP contribution in [-0.2, 0) is 6.54 Å². The Morgan fingerprint density at radius 3 is 2.67 bits per heavy atom. The summed E-state index contributed by atoms with van der Waals surface area (Å²) in [7, 11) is 2.03. The zero-order chi connectivity index (χ0) is 13.3. The minimum absolute atomic E-state index is 0.589. The standard InChI is InChI=1S/C14H17ClN2O/c1-9-6-13(16)12(15)7-14(9)17(3)8-11-4-5-18-10(11)2/h4-7H,8,16H2,1-3H3. The average Bonchev–Trinajstić information content (AvgIpc) is 2.69. The molecule has 1 heterocycles. The molecule has 1 aromatic carbocycles. The van der Waals surface area contributed by atoms with E-state index in [1.54, 1.807) is 6.26 Å². The smallest absolute Gasteiger partial charge is 0.105 e. The third kappa shape index (κ3) is 2.46. The van der Waals surface area contributed by atoms with Gasteiger partial charge in [-0.15, -0.1) is 0 Å². The Hall–Kier alpha value is -1.61. The number of aryl methyl sites for hydroxylation is 2. The molecule has 0 radical (unpaired) electrons. The number of anilines is 2. The molecule has 1 aromatic heterocycles. The van der Waals surface area contributed by atoms with E-state index in [9.17, 15) is 0 Å². The molecule has 2 aromatic rings. The molecule has 0 amide bonds. The van der Waals surface area contributed by atoms with Gasteiger partial charge in [-0.25, -0.2) is 0 Å². The molecule has 0 saturated heterocycles. The number of nitrogen functional groups attached to an aromatic ring is 1. The summed E-state index contributed by atoms with van der Waals surface area (Å²) < 4.78 is 5.30. The first-order chi connectivity index (χ1) is 8.49. The average molecular weight is 265 g/mol. The van der Waals surface area contributed by atoms with Gasteiger partial charge in [-0.2, -0.15) is 0 Å². The van der Waals surface area contributed by atoms with Gasteiger partial charge in [0.05, 0.1) is 17.0 Å². The Labute approximate surface area is 112 Å². The van der Waals surface area contributed by atoms with Gasteiger partial charge in [-0.05, 0) is 37.6 Å². The van der Waals surface area contributed by atoms with Gasteiger partial charge < -0.3 is 15.1 Å². The maximum atomic E-state index is 6.07. The Kier molecular flexibility index (Phi) is 3.53. The molecule has 3 nitrogen and oxygen atoms in total. The highest BCUT2D eigenvalue weighted by Gasteiger charge is 2.10. The zero-order valence-corrected chi connectivity index (χ0v) is 11.6. The maximum Gasteiger partial charge on any atom is 0.105 e. The largest absolute Gasteiger partial charge is 0.469 e. The van der Waals surface area contributed by atoms with Gasteiger partial charge in [0.15, 0.2) is 0 Å². The zero-order valence-electron chi connectivity index (χ0n) is 10.8. The van der Waals surface area contributed by atoms with Crippen molar-refractivity contribution in [3.05, 3.63) is 46.4 Å². The second-order valence-corrected chi connectivity index (χ2v) is 4.93. The van der Waals surface area contributed by atoms with E-state index in [1.807, 2.05) is 39.1 Å². The predicted octanol–water partition coefficient (Wildman–Crippen LogP) is 3.77. The van der Waals surface area contributed by atoms with E-state index < -0.39 is 0 Å². The Bertz CT molecular complexity index is 563. The van der Waals surface area contributed by atoms with Crippen LogP contribution in [0.25, 0.3) is 0 Å². The minimum Gasteiger partial charge on any atom is -0.469 e. The Morgan fingerprint density at radius 2 is 2.06 bits per heavy atom. The molecule has 0 aliphatic carbocycles. The molecule has 4 heteroatoms. The topological polar surface area (TPSA) is 42.4 Å². The van der Waals surface area contributed by atoms with Gasteiger partial charge in [-0.1, -0.05) is 11.6 Å². The van der Waals surface area contributed by atoms with Crippen LogP contribution in [0.5, 0.6) is 0 Å². The van der Waals surface area contributed by atoms with Gasteiger partial charge >= 0.3 is 0 Å². The first-order valence-corrected chi connectivity index (χ1v) is 6.16. The molecule has 0 spiro atoms. The monoisotopic (exact) mass is 264 g/mol. The summed E-state index contributed by atoms with van der Waals surface area (Å²) in [6, 6.07) is 5.79. The lowest BCUT2D eigenvalue weighted by Gasteiger charge is -2.22. The van der Waals surface area contributed by atoms with Crippen LogP contribution in [0.2, 0.25) is 5.02 Å². The summed E-state index contributed by atoms with van der Waals surface area (Å²) >= 11 is 6.07. The van der Waals surface area contributed by atoms with Crippen LogP contribution in [0.15, 0.2) is 28.9 Å². The second kappa shape index (κ2) is 4.94. The first-order valence-electron chi connectivity index (χ1n) is 5.78. The molecule has 0 unspecified atom stereocenters. The van der Waals surface area contributed by atoms with Gasteiger partial charge in [0.1, 0.15) is 5.76 Å². The summed E-state index contributed by atoms with van der Waals surface area (Å²) in [5.41, 5.74) is 9.76. The molecule has 96 valence electrons. The number of nitrogens with zero attached hydrogens (tertiary/aromatic N) is 1. The van der Waals surface area contributed by atoms with E-state index in [4.69, 9.17) is 21.8 Å². The lowest BCUT2D eigenvalue weighted by Crippen LogP contribution is -2.17. The van der Waals surface area contributed by atoms with Crippen molar-refractivity contribution in [3.8, 4) is 0 Å². The van der Waals surface area contributed by atoms with Crippen molar-refractivity contribution in [2.24, 2.45) is 0 Å². The summed E-state index contributed by atoms with van der Waals surface area (Å²) in [5, 5.41) is 0.589. The van der Waals surface area contributed by atoms with Crippen LogP contribution < -0.4 is 10.6 Å². The number of furan rings is 1. The SMILES string of the molecule is Cc1cc(N)c(Cl)cc1N(C)Cc1ccoc1C. The molecule has 0 saturated carbocycles. The van der Waals surface area contributed by atoms with Crippen molar-refractivity contribution >= 4 is 23.0 Å². The fraction of sp³-hybridized carbons (Fsp3) is 0.286. The predicted molar refractivity (Wildman–Crippen MR) is 76.2 cm³/mol. The number of hydrogen-bond donors (Lipinski definition) is 1. The molecule has 2 rings (SSSR count). The molecule has 2 N–H and O–H groups in total. The third-order valence-corrected chi connectivity index (χ3v) is 3.43. The van der Waals surface area contributed by atoms with Crippen LogP contribution >= 0.6 is 11.6 Å². The Balaban J connectivity index is 2.26. The van der Waals surface area contributed by atoms with Crippen LogP contribution in [0.4, 0.5) is 11.4 Å². The summed E-state index contributed by atoms with van der Waals surface area (Å²) in [6.45, 7) is 4.77. The lowest BCUT2D eigenvalue weighted by molar-refractivity contribution is 0.529. The summed E-state index contributed by atoms with van der Waals surface area (Å²) in [5.74, 6) is 0.945. The van der Waals surface area contributed by atoms with Crippen molar-refractivity contribution in [1.82, 2.24) is 0 Å². The van der Waals surface area contributed by atoms with Crippen molar-refractivity contribution in [2.75, 3.05) is 17.7 Å². The molecule has 0 bridgehead atoms. The normalized spacial score (nSPS) is 10.7. The number of nitrogens with two attached hydrogens (primary N) is 1. The van der Waals surface area contributed by atoms with Crippen LogP contribution in [0, 0.1) is 13.8 Å².